The molecule has 2 saturated heterocycles. The van der Waals surface area contributed by atoms with E-state index < -0.39 is 0 Å². The molecular weight excluding hydrogens is 240 g/mol. The van der Waals surface area contributed by atoms with Crippen LogP contribution in [0.15, 0.2) is 0 Å². The number of nitrogens with zero attached hydrogens (tertiary/aromatic N) is 2. The maximum atomic E-state index is 12.6. The van der Waals surface area contributed by atoms with Crippen molar-refractivity contribution in [2.75, 3.05) is 19.6 Å². The van der Waals surface area contributed by atoms with E-state index in [4.69, 9.17) is 0 Å². The Kier molecular flexibility index (Phi) is 4.16. The number of hydrogen-bond acceptors (Lipinski definition) is 2. The van der Waals surface area contributed by atoms with E-state index in [2.05, 4.69) is 13.8 Å². The summed E-state index contributed by atoms with van der Waals surface area (Å²) in [6, 6.07) is 0.199. The lowest BCUT2D eigenvalue weighted by Gasteiger charge is -2.36. The molecule has 0 saturated carbocycles. The molecule has 4 heteroatoms. The molecule has 0 aromatic rings. The Morgan fingerprint density at radius 1 is 1.16 bits per heavy atom. The Balaban J connectivity index is 1.99. The standard InChI is InChI=1S/C15H26N2O2/c1-10(2)17-9-13(6-14(17)18)15(19)16-7-11(3)5-12(4)8-16/h10-13H,5-9H2,1-4H3/t11-,12-,13+/m0/s1. The van der Waals surface area contributed by atoms with E-state index in [-0.39, 0.29) is 23.8 Å². The van der Waals surface area contributed by atoms with Crippen molar-refractivity contribution in [2.24, 2.45) is 17.8 Å². The fourth-order valence-corrected chi connectivity index (χ4v) is 3.50. The van der Waals surface area contributed by atoms with Gasteiger partial charge in [0.25, 0.3) is 0 Å². The molecule has 4 nitrogen and oxygen atoms in total. The Labute approximate surface area is 116 Å². The van der Waals surface area contributed by atoms with Crippen molar-refractivity contribution >= 4 is 11.8 Å². The van der Waals surface area contributed by atoms with Crippen molar-refractivity contribution < 1.29 is 9.59 Å². The van der Waals surface area contributed by atoms with Crippen LogP contribution in [0.4, 0.5) is 0 Å². The van der Waals surface area contributed by atoms with Crippen LogP contribution >= 0.6 is 0 Å². The van der Waals surface area contributed by atoms with Crippen LogP contribution in [0.5, 0.6) is 0 Å². The SMILES string of the molecule is CC(C)N1C[C@H](C(=O)N2C[C@@H](C)C[C@H](C)C2)CC1=O. The van der Waals surface area contributed by atoms with Gasteiger partial charge in [0.2, 0.25) is 11.8 Å². The van der Waals surface area contributed by atoms with Crippen LogP contribution in [0.3, 0.4) is 0 Å². The molecule has 3 atom stereocenters. The summed E-state index contributed by atoms with van der Waals surface area (Å²) >= 11 is 0. The van der Waals surface area contributed by atoms with Gasteiger partial charge in [0.1, 0.15) is 0 Å². The van der Waals surface area contributed by atoms with Crippen molar-refractivity contribution in [3.05, 3.63) is 0 Å². The summed E-state index contributed by atoms with van der Waals surface area (Å²) in [4.78, 5) is 28.3. The van der Waals surface area contributed by atoms with Crippen molar-refractivity contribution in [1.82, 2.24) is 9.80 Å². The lowest BCUT2D eigenvalue weighted by atomic mass is 9.91. The number of carbonyl (C=O) groups excluding carboxylic acids is 2. The smallest absolute Gasteiger partial charge is 0.228 e. The molecule has 108 valence electrons. The van der Waals surface area contributed by atoms with Crippen LogP contribution < -0.4 is 0 Å². The maximum Gasteiger partial charge on any atom is 0.228 e. The number of amides is 2. The third-order valence-electron chi connectivity index (χ3n) is 4.31. The maximum absolute atomic E-state index is 12.6. The highest BCUT2D eigenvalue weighted by Crippen LogP contribution is 2.26. The highest BCUT2D eigenvalue weighted by molar-refractivity contribution is 5.89. The highest BCUT2D eigenvalue weighted by Gasteiger charge is 2.38. The number of likely N-dealkylation sites (tertiary alicyclic amines) is 2. The molecule has 2 aliphatic rings. The normalized spacial score (nSPS) is 32.3. The van der Waals surface area contributed by atoms with Gasteiger partial charge in [-0.15, -0.1) is 0 Å². The summed E-state index contributed by atoms with van der Waals surface area (Å²) in [7, 11) is 0. The summed E-state index contributed by atoms with van der Waals surface area (Å²) in [5, 5.41) is 0. The fourth-order valence-electron chi connectivity index (χ4n) is 3.50. The molecule has 2 aliphatic heterocycles. The molecule has 0 unspecified atom stereocenters. The first-order chi connectivity index (χ1) is 8.88. The van der Waals surface area contributed by atoms with E-state index in [1.54, 1.807) is 0 Å². The first-order valence-corrected chi connectivity index (χ1v) is 7.46. The summed E-state index contributed by atoms with van der Waals surface area (Å²) in [5.74, 6) is 1.35. The minimum atomic E-state index is -0.118. The molecule has 0 aromatic carbocycles. The molecule has 0 radical (unpaired) electrons. The lowest BCUT2D eigenvalue weighted by Crippen LogP contribution is -2.46. The van der Waals surface area contributed by atoms with Crippen LogP contribution in [0.25, 0.3) is 0 Å². The van der Waals surface area contributed by atoms with E-state index >= 15 is 0 Å². The van der Waals surface area contributed by atoms with E-state index in [9.17, 15) is 9.59 Å². The largest absolute Gasteiger partial charge is 0.342 e. The second kappa shape index (κ2) is 5.51. The van der Waals surface area contributed by atoms with Gasteiger partial charge in [0.15, 0.2) is 0 Å². The van der Waals surface area contributed by atoms with Crippen LogP contribution in [-0.4, -0.2) is 47.3 Å². The number of rotatable bonds is 2. The molecule has 0 aromatic heterocycles. The van der Waals surface area contributed by atoms with Gasteiger partial charge in [-0.3, -0.25) is 9.59 Å². The van der Waals surface area contributed by atoms with Gasteiger partial charge < -0.3 is 9.80 Å². The van der Waals surface area contributed by atoms with Gasteiger partial charge in [-0.1, -0.05) is 13.8 Å². The van der Waals surface area contributed by atoms with Crippen LogP contribution in [0.2, 0.25) is 0 Å². The van der Waals surface area contributed by atoms with Crippen LogP contribution in [0.1, 0.15) is 40.5 Å². The van der Waals surface area contributed by atoms with Gasteiger partial charge >= 0.3 is 0 Å². The Hall–Kier alpha value is -1.06. The predicted octanol–water partition coefficient (Wildman–Crippen LogP) is 1.75. The van der Waals surface area contributed by atoms with Crippen LogP contribution in [0, 0.1) is 17.8 Å². The van der Waals surface area contributed by atoms with Gasteiger partial charge in [0.05, 0.1) is 5.92 Å². The summed E-state index contributed by atoms with van der Waals surface area (Å²) in [6.45, 7) is 10.7. The number of piperidine rings is 1. The van der Waals surface area contributed by atoms with Crippen molar-refractivity contribution in [1.29, 1.82) is 0 Å². The fraction of sp³-hybridized carbons (Fsp3) is 0.867. The lowest BCUT2D eigenvalue weighted by molar-refractivity contribution is -0.138. The molecule has 2 heterocycles. The Bertz CT molecular complexity index is 357. The van der Waals surface area contributed by atoms with Crippen molar-refractivity contribution in [2.45, 2.75) is 46.6 Å². The Morgan fingerprint density at radius 3 is 2.21 bits per heavy atom. The second-order valence-electron chi connectivity index (χ2n) is 6.73. The van der Waals surface area contributed by atoms with Gasteiger partial charge in [-0.05, 0) is 32.1 Å². The van der Waals surface area contributed by atoms with E-state index in [1.807, 2.05) is 23.6 Å². The molecule has 0 bridgehead atoms. The molecule has 19 heavy (non-hydrogen) atoms. The first-order valence-electron chi connectivity index (χ1n) is 7.46. The zero-order valence-corrected chi connectivity index (χ0v) is 12.6. The topological polar surface area (TPSA) is 40.6 Å². The summed E-state index contributed by atoms with van der Waals surface area (Å²) in [5.41, 5.74) is 0. The third-order valence-corrected chi connectivity index (χ3v) is 4.31. The predicted molar refractivity (Wildman–Crippen MR) is 74.5 cm³/mol. The highest BCUT2D eigenvalue weighted by atomic mass is 16.2. The second-order valence-corrected chi connectivity index (χ2v) is 6.73. The quantitative estimate of drug-likeness (QED) is 0.764. The molecule has 2 amide bonds. The zero-order valence-electron chi connectivity index (χ0n) is 12.6. The first kappa shape index (κ1) is 14.4. The summed E-state index contributed by atoms with van der Waals surface area (Å²) < 4.78 is 0. The molecule has 0 N–H and O–H groups in total. The van der Waals surface area contributed by atoms with Crippen LogP contribution in [-0.2, 0) is 9.59 Å². The van der Waals surface area contributed by atoms with E-state index in [0.29, 0.717) is 24.8 Å². The minimum absolute atomic E-state index is 0.118. The minimum Gasteiger partial charge on any atom is -0.342 e. The molecule has 2 rings (SSSR count). The van der Waals surface area contributed by atoms with Gasteiger partial charge in [-0.2, -0.15) is 0 Å². The zero-order chi connectivity index (χ0) is 14.2. The van der Waals surface area contributed by atoms with E-state index in [1.165, 1.54) is 6.42 Å². The van der Waals surface area contributed by atoms with E-state index in [0.717, 1.165) is 13.1 Å². The van der Waals surface area contributed by atoms with Crippen molar-refractivity contribution in [3.8, 4) is 0 Å². The summed E-state index contributed by atoms with van der Waals surface area (Å²) in [6.07, 6.45) is 1.60. The molecule has 0 aliphatic carbocycles. The average Bonchev–Trinajstić information content (AvgIpc) is 2.69. The monoisotopic (exact) mass is 266 g/mol. The number of carbonyl (C=O) groups is 2. The molecule has 2 fully saturated rings. The average molecular weight is 266 g/mol. The molecule has 0 spiro atoms. The molecular formula is C15H26N2O2. The van der Waals surface area contributed by atoms with Gasteiger partial charge in [0, 0.05) is 32.1 Å². The third kappa shape index (κ3) is 3.10. The van der Waals surface area contributed by atoms with Gasteiger partial charge in [-0.25, -0.2) is 0 Å². The number of hydrogen-bond donors (Lipinski definition) is 0. The van der Waals surface area contributed by atoms with Crippen molar-refractivity contribution in [3.63, 3.8) is 0 Å². The Morgan fingerprint density at radius 2 is 1.74 bits per heavy atom.